The van der Waals surface area contributed by atoms with Gasteiger partial charge in [0.15, 0.2) is 6.61 Å². The van der Waals surface area contributed by atoms with Crippen molar-refractivity contribution in [1.82, 2.24) is 0 Å². The summed E-state index contributed by atoms with van der Waals surface area (Å²) >= 11 is 0. The van der Waals surface area contributed by atoms with Crippen LogP contribution in [0.3, 0.4) is 0 Å². The van der Waals surface area contributed by atoms with Crippen molar-refractivity contribution in [2.75, 3.05) is 31.8 Å². The lowest BCUT2D eigenvalue weighted by molar-refractivity contribution is -0.120. The SMILES string of the molecule is CCOc1ccc(OCC(=O)N2CCCc3cccc(OC)c32)cc1. The minimum Gasteiger partial charge on any atom is -0.495 e. The minimum absolute atomic E-state index is 0.00846. The Morgan fingerprint density at radius 1 is 1.08 bits per heavy atom. The largest absolute Gasteiger partial charge is 0.495 e. The third-order valence-corrected chi connectivity index (χ3v) is 4.20. The average molecular weight is 341 g/mol. The molecule has 0 aliphatic carbocycles. The van der Waals surface area contributed by atoms with Crippen LogP contribution in [0.5, 0.6) is 17.2 Å². The standard InChI is InChI=1S/C20H23NO4/c1-3-24-16-9-11-17(12-10-16)25-14-19(22)21-13-5-7-15-6-4-8-18(23-2)20(15)21/h4,6,8-12H,3,5,7,13-14H2,1-2H3. The van der Waals surface area contributed by atoms with Gasteiger partial charge in [-0.2, -0.15) is 0 Å². The first kappa shape index (κ1) is 17.1. The number of nitrogens with zero attached hydrogens (tertiary/aromatic N) is 1. The quantitative estimate of drug-likeness (QED) is 0.807. The first-order chi connectivity index (χ1) is 12.2. The summed E-state index contributed by atoms with van der Waals surface area (Å²) in [6.45, 7) is 3.23. The van der Waals surface area contributed by atoms with Crippen LogP contribution in [0.25, 0.3) is 0 Å². The molecule has 2 aromatic carbocycles. The Morgan fingerprint density at radius 3 is 2.48 bits per heavy atom. The molecule has 2 aromatic rings. The number of anilines is 1. The van der Waals surface area contributed by atoms with E-state index in [0.717, 1.165) is 35.6 Å². The predicted octanol–water partition coefficient (Wildman–Crippen LogP) is 3.45. The van der Waals surface area contributed by atoms with Crippen molar-refractivity contribution in [3.8, 4) is 17.2 Å². The highest BCUT2D eigenvalue weighted by Gasteiger charge is 2.26. The Bertz CT molecular complexity index is 713. The second-order valence-electron chi connectivity index (χ2n) is 5.81. The van der Waals surface area contributed by atoms with Crippen LogP contribution < -0.4 is 19.1 Å². The van der Waals surface area contributed by atoms with Crippen LogP contribution in [0.2, 0.25) is 0 Å². The second-order valence-corrected chi connectivity index (χ2v) is 5.81. The summed E-state index contributed by atoms with van der Waals surface area (Å²) in [5.41, 5.74) is 2.01. The third-order valence-electron chi connectivity index (χ3n) is 4.20. The molecule has 0 radical (unpaired) electrons. The van der Waals surface area contributed by atoms with Crippen molar-refractivity contribution in [2.24, 2.45) is 0 Å². The highest BCUT2D eigenvalue weighted by atomic mass is 16.5. The summed E-state index contributed by atoms with van der Waals surface area (Å²) in [6, 6.07) is 13.2. The van der Waals surface area contributed by atoms with Crippen molar-refractivity contribution in [2.45, 2.75) is 19.8 Å². The zero-order valence-electron chi connectivity index (χ0n) is 14.7. The summed E-state index contributed by atoms with van der Waals surface area (Å²) in [5.74, 6) is 2.09. The van der Waals surface area contributed by atoms with Gasteiger partial charge in [0.25, 0.3) is 5.91 Å². The Hall–Kier alpha value is -2.69. The molecule has 5 nitrogen and oxygen atoms in total. The maximum Gasteiger partial charge on any atom is 0.265 e. The van der Waals surface area contributed by atoms with Crippen LogP contribution in [0.4, 0.5) is 5.69 Å². The molecule has 132 valence electrons. The third kappa shape index (κ3) is 3.87. The molecular weight excluding hydrogens is 318 g/mol. The van der Waals surface area contributed by atoms with Gasteiger partial charge in [-0.25, -0.2) is 0 Å². The lowest BCUT2D eigenvalue weighted by Gasteiger charge is -2.30. The molecule has 0 atom stereocenters. The number of para-hydroxylation sites is 1. The molecule has 0 unspecified atom stereocenters. The molecule has 25 heavy (non-hydrogen) atoms. The summed E-state index contributed by atoms with van der Waals surface area (Å²) in [4.78, 5) is 14.5. The lowest BCUT2D eigenvalue weighted by Crippen LogP contribution is -2.38. The Labute approximate surface area is 148 Å². The number of methoxy groups -OCH3 is 1. The average Bonchev–Trinajstić information content (AvgIpc) is 2.66. The molecule has 0 fully saturated rings. The van der Waals surface area contributed by atoms with Gasteiger partial charge in [0.2, 0.25) is 0 Å². The van der Waals surface area contributed by atoms with E-state index in [1.807, 2.05) is 49.4 Å². The van der Waals surface area contributed by atoms with Crippen molar-refractivity contribution < 1.29 is 19.0 Å². The number of benzene rings is 2. The van der Waals surface area contributed by atoms with Gasteiger partial charge >= 0.3 is 0 Å². The van der Waals surface area contributed by atoms with E-state index in [-0.39, 0.29) is 12.5 Å². The van der Waals surface area contributed by atoms with Gasteiger partial charge in [-0.1, -0.05) is 12.1 Å². The van der Waals surface area contributed by atoms with E-state index >= 15 is 0 Å². The van der Waals surface area contributed by atoms with Crippen LogP contribution in [-0.4, -0.2) is 32.8 Å². The van der Waals surface area contributed by atoms with Gasteiger partial charge in [-0.15, -0.1) is 0 Å². The van der Waals surface area contributed by atoms with Gasteiger partial charge in [0.1, 0.15) is 17.2 Å². The summed E-state index contributed by atoms with van der Waals surface area (Å²) < 4.78 is 16.5. The highest BCUT2D eigenvalue weighted by molar-refractivity contribution is 5.97. The molecule has 5 heteroatoms. The molecule has 1 aliphatic rings. The molecule has 0 aromatic heterocycles. The van der Waals surface area contributed by atoms with E-state index in [1.165, 1.54) is 0 Å². The first-order valence-electron chi connectivity index (χ1n) is 8.55. The molecule has 0 saturated heterocycles. The Morgan fingerprint density at radius 2 is 1.80 bits per heavy atom. The molecule has 1 heterocycles. The van der Waals surface area contributed by atoms with Crippen molar-refractivity contribution in [3.05, 3.63) is 48.0 Å². The summed E-state index contributed by atoms with van der Waals surface area (Å²) in [6.07, 6.45) is 1.89. The number of aryl methyl sites for hydroxylation is 1. The van der Waals surface area contributed by atoms with Crippen LogP contribution in [0.1, 0.15) is 18.9 Å². The number of ether oxygens (including phenoxy) is 3. The maximum absolute atomic E-state index is 12.7. The van der Waals surface area contributed by atoms with Gasteiger partial charge in [-0.3, -0.25) is 4.79 Å². The zero-order chi connectivity index (χ0) is 17.6. The number of carbonyl (C=O) groups excluding carboxylic acids is 1. The molecule has 0 saturated carbocycles. The first-order valence-corrected chi connectivity index (χ1v) is 8.55. The number of hydrogen-bond donors (Lipinski definition) is 0. The van der Waals surface area contributed by atoms with Crippen molar-refractivity contribution in [3.63, 3.8) is 0 Å². The lowest BCUT2D eigenvalue weighted by atomic mass is 10.0. The van der Waals surface area contributed by atoms with E-state index < -0.39 is 0 Å². The van der Waals surface area contributed by atoms with E-state index in [0.29, 0.717) is 18.9 Å². The molecule has 1 amide bonds. The van der Waals surface area contributed by atoms with Gasteiger partial charge in [0, 0.05) is 6.54 Å². The van der Waals surface area contributed by atoms with Gasteiger partial charge in [-0.05, 0) is 55.7 Å². The van der Waals surface area contributed by atoms with E-state index in [1.54, 1.807) is 12.0 Å². The molecular formula is C20H23NO4. The summed E-state index contributed by atoms with van der Waals surface area (Å²) in [5, 5.41) is 0. The predicted molar refractivity (Wildman–Crippen MR) is 96.8 cm³/mol. The Kier molecular flexibility index (Phi) is 5.43. The van der Waals surface area contributed by atoms with Crippen LogP contribution >= 0.6 is 0 Å². The number of amides is 1. The maximum atomic E-state index is 12.7. The van der Waals surface area contributed by atoms with E-state index in [9.17, 15) is 4.79 Å². The molecule has 1 aliphatic heterocycles. The number of hydrogen-bond acceptors (Lipinski definition) is 4. The van der Waals surface area contributed by atoms with E-state index in [2.05, 4.69) is 0 Å². The number of carbonyl (C=O) groups is 1. The van der Waals surface area contributed by atoms with Gasteiger partial charge in [0.05, 0.1) is 19.4 Å². The summed E-state index contributed by atoms with van der Waals surface area (Å²) in [7, 11) is 1.63. The fourth-order valence-corrected chi connectivity index (χ4v) is 3.05. The fourth-order valence-electron chi connectivity index (χ4n) is 3.05. The Balaban J connectivity index is 1.68. The molecule has 0 N–H and O–H groups in total. The normalized spacial score (nSPS) is 13.1. The van der Waals surface area contributed by atoms with Crippen LogP contribution in [0, 0.1) is 0 Å². The number of rotatable bonds is 6. The zero-order valence-corrected chi connectivity index (χ0v) is 14.7. The second kappa shape index (κ2) is 7.92. The topological polar surface area (TPSA) is 48.0 Å². The van der Waals surface area contributed by atoms with Crippen LogP contribution in [-0.2, 0) is 11.2 Å². The highest BCUT2D eigenvalue weighted by Crippen LogP contribution is 2.36. The molecule has 0 spiro atoms. The minimum atomic E-state index is -0.0701. The fraction of sp³-hybridized carbons (Fsp3) is 0.350. The number of fused-ring (bicyclic) bond motifs is 1. The smallest absolute Gasteiger partial charge is 0.265 e. The molecule has 3 rings (SSSR count). The monoisotopic (exact) mass is 341 g/mol. The van der Waals surface area contributed by atoms with Crippen molar-refractivity contribution in [1.29, 1.82) is 0 Å². The molecule has 0 bridgehead atoms. The van der Waals surface area contributed by atoms with Crippen LogP contribution in [0.15, 0.2) is 42.5 Å². The van der Waals surface area contributed by atoms with Crippen molar-refractivity contribution >= 4 is 11.6 Å². The van der Waals surface area contributed by atoms with E-state index in [4.69, 9.17) is 14.2 Å². The van der Waals surface area contributed by atoms with Gasteiger partial charge < -0.3 is 19.1 Å².